The van der Waals surface area contributed by atoms with Crippen LogP contribution in [0.15, 0.2) is 47.1 Å². The summed E-state index contributed by atoms with van der Waals surface area (Å²) >= 11 is 0. The summed E-state index contributed by atoms with van der Waals surface area (Å²) in [6.45, 7) is 3.64. The molecule has 0 saturated heterocycles. The molecule has 6 nitrogen and oxygen atoms in total. The third kappa shape index (κ3) is 2.65. The van der Waals surface area contributed by atoms with Crippen molar-refractivity contribution in [1.82, 2.24) is 20.3 Å². The van der Waals surface area contributed by atoms with Crippen LogP contribution in [0.2, 0.25) is 0 Å². The van der Waals surface area contributed by atoms with E-state index in [0.29, 0.717) is 5.76 Å². The molecule has 2 aromatic heterocycles. The second-order valence-electron chi connectivity index (χ2n) is 4.93. The average molecular weight is 284 g/mol. The number of carbonyl (C=O) groups excluding carboxylic acids is 1. The Morgan fingerprint density at radius 1 is 1.14 bits per heavy atom. The fourth-order valence-corrected chi connectivity index (χ4v) is 2.10. The zero-order valence-corrected chi connectivity index (χ0v) is 11.9. The molecule has 0 saturated carbocycles. The number of nitrogens with one attached hydrogen (secondary N) is 1. The van der Waals surface area contributed by atoms with E-state index in [1.807, 2.05) is 37.3 Å². The lowest BCUT2D eigenvalue weighted by Crippen LogP contribution is -2.33. The normalized spacial score (nSPS) is 14.0. The first-order valence-corrected chi connectivity index (χ1v) is 6.80. The molecule has 0 radical (unpaired) electrons. The predicted octanol–water partition coefficient (Wildman–Crippen LogP) is 2.46. The molecule has 0 aliphatic rings. The number of aromatic nitrogens is 3. The maximum absolute atomic E-state index is 12.3. The van der Waals surface area contributed by atoms with Crippen LogP contribution in [-0.4, -0.2) is 20.9 Å². The Morgan fingerprint density at radius 3 is 2.38 bits per heavy atom. The molecular formula is C15H16N4O2. The molecule has 2 atom stereocenters. The van der Waals surface area contributed by atoms with Crippen LogP contribution >= 0.6 is 0 Å². The molecule has 1 N–H and O–H groups in total. The van der Waals surface area contributed by atoms with Crippen molar-refractivity contribution in [1.29, 1.82) is 0 Å². The molecule has 1 amide bonds. The third-order valence-electron chi connectivity index (χ3n) is 3.36. The van der Waals surface area contributed by atoms with E-state index in [-0.39, 0.29) is 11.9 Å². The average Bonchev–Trinajstić information content (AvgIpc) is 3.15. The molecule has 0 spiro atoms. The molecule has 1 aromatic carbocycles. The summed E-state index contributed by atoms with van der Waals surface area (Å²) in [6.07, 6.45) is 1.59. The fourth-order valence-electron chi connectivity index (χ4n) is 2.10. The Balaban J connectivity index is 1.74. The van der Waals surface area contributed by atoms with Gasteiger partial charge in [0, 0.05) is 0 Å². The van der Waals surface area contributed by atoms with Gasteiger partial charge in [0.25, 0.3) is 0 Å². The van der Waals surface area contributed by atoms with E-state index in [2.05, 4.69) is 15.5 Å². The van der Waals surface area contributed by atoms with Crippen LogP contribution in [0, 0.1) is 0 Å². The smallest absolute Gasteiger partial charge is 0.247 e. The number of carbonyl (C=O) groups is 1. The van der Waals surface area contributed by atoms with Gasteiger partial charge in [-0.05, 0) is 38.1 Å². The number of hydrogen-bond acceptors (Lipinski definition) is 4. The number of benzene rings is 1. The number of nitrogens with zero attached hydrogens (tertiary/aromatic N) is 3. The number of fused-ring (bicyclic) bond motifs is 1. The van der Waals surface area contributed by atoms with Crippen molar-refractivity contribution in [2.45, 2.75) is 25.9 Å². The topological polar surface area (TPSA) is 73.0 Å². The van der Waals surface area contributed by atoms with E-state index >= 15 is 0 Å². The van der Waals surface area contributed by atoms with Gasteiger partial charge in [-0.25, -0.2) is 0 Å². The molecule has 3 aromatic rings. The van der Waals surface area contributed by atoms with Crippen molar-refractivity contribution in [3.05, 3.63) is 48.4 Å². The zero-order chi connectivity index (χ0) is 14.8. The molecule has 21 heavy (non-hydrogen) atoms. The maximum atomic E-state index is 12.3. The monoisotopic (exact) mass is 284 g/mol. The quantitative estimate of drug-likeness (QED) is 0.798. The number of hydrogen-bond donors (Lipinski definition) is 1. The molecular weight excluding hydrogens is 268 g/mol. The van der Waals surface area contributed by atoms with E-state index in [9.17, 15) is 4.79 Å². The minimum absolute atomic E-state index is 0.154. The Hall–Kier alpha value is -2.63. The van der Waals surface area contributed by atoms with Gasteiger partial charge in [-0.3, -0.25) is 4.79 Å². The second-order valence-corrected chi connectivity index (χ2v) is 4.93. The van der Waals surface area contributed by atoms with Crippen LogP contribution < -0.4 is 5.32 Å². The van der Waals surface area contributed by atoms with Gasteiger partial charge in [-0.15, -0.1) is 0 Å². The summed E-state index contributed by atoms with van der Waals surface area (Å²) in [5.74, 6) is 0.563. The minimum atomic E-state index is -0.491. The van der Waals surface area contributed by atoms with Gasteiger partial charge in [0.1, 0.15) is 22.8 Å². The molecule has 0 aliphatic carbocycles. The van der Waals surface area contributed by atoms with Gasteiger partial charge in [-0.2, -0.15) is 15.0 Å². The largest absolute Gasteiger partial charge is 0.467 e. The molecule has 0 aliphatic heterocycles. The summed E-state index contributed by atoms with van der Waals surface area (Å²) in [7, 11) is 0. The first kappa shape index (κ1) is 13.4. The van der Waals surface area contributed by atoms with Crippen molar-refractivity contribution < 1.29 is 9.21 Å². The van der Waals surface area contributed by atoms with E-state index in [4.69, 9.17) is 4.42 Å². The highest BCUT2D eigenvalue weighted by atomic mass is 16.3. The summed E-state index contributed by atoms with van der Waals surface area (Å²) in [5, 5.41) is 11.5. The van der Waals surface area contributed by atoms with Crippen molar-refractivity contribution in [2.75, 3.05) is 0 Å². The lowest BCUT2D eigenvalue weighted by molar-refractivity contribution is -0.125. The highest BCUT2D eigenvalue weighted by Gasteiger charge is 2.20. The van der Waals surface area contributed by atoms with Crippen molar-refractivity contribution >= 4 is 16.9 Å². The van der Waals surface area contributed by atoms with Gasteiger partial charge < -0.3 is 9.73 Å². The number of amides is 1. The van der Waals surface area contributed by atoms with Gasteiger partial charge in [0.2, 0.25) is 5.91 Å². The lowest BCUT2D eigenvalue weighted by Gasteiger charge is -2.15. The van der Waals surface area contributed by atoms with Gasteiger partial charge in [0.05, 0.1) is 12.3 Å². The lowest BCUT2D eigenvalue weighted by atomic mass is 10.2. The van der Waals surface area contributed by atoms with Gasteiger partial charge >= 0.3 is 0 Å². The standard InChI is InChI=1S/C15H16N4O2/c1-10(14-8-5-9-21-14)16-15(20)11(2)19-17-12-6-3-4-7-13(12)18-19/h3-11H,1-2H3,(H,16,20). The molecule has 0 fully saturated rings. The van der Waals surface area contributed by atoms with Crippen LogP contribution in [0.25, 0.3) is 11.0 Å². The number of furan rings is 1. The Bertz CT molecular complexity index is 715. The molecule has 2 heterocycles. The Labute approximate surface area is 121 Å². The number of rotatable bonds is 4. The van der Waals surface area contributed by atoms with Crippen LogP contribution in [0.3, 0.4) is 0 Å². The molecule has 3 rings (SSSR count). The SMILES string of the molecule is CC(NC(=O)C(C)n1nc2ccccc2n1)c1ccco1. The van der Waals surface area contributed by atoms with Crippen molar-refractivity contribution in [3.63, 3.8) is 0 Å². The maximum Gasteiger partial charge on any atom is 0.247 e. The van der Waals surface area contributed by atoms with Crippen LogP contribution in [0.5, 0.6) is 0 Å². The van der Waals surface area contributed by atoms with E-state index in [0.717, 1.165) is 11.0 Å². The molecule has 6 heteroatoms. The molecule has 108 valence electrons. The summed E-state index contributed by atoms with van der Waals surface area (Å²) in [6, 6.07) is 10.5. The molecule has 0 bridgehead atoms. The second kappa shape index (κ2) is 5.40. The van der Waals surface area contributed by atoms with Crippen molar-refractivity contribution in [2.24, 2.45) is 0 Å². The third-order valence-corrected chi connectivity index (χ3v) is 3.36. The van der Waals surface area contributed by atoms with E-state index < -0.39 is 6.04 Å². The minimum Gasteiger partial charge on any atom is -0.467 e. The predicted molar refractivity (Wildman–Crippen MR) is 77.5 cm³/mol. The zero-order valence-electron chi connectivity index (χ0n) is 11.9. The van der Waals surface area contributed by atoms with Gasteiger partial charge in [-0.1, -0.05) is 12.1 Å². The summed E-state index contributed by atoms with van der Waals surface area (Å²) < 4.78 is 5.28. The van der Waals surface area contributed by atoms with Crippen molar-refractivity contribution in [3.8, 4) is 0 Å². The van der Waals surface area contributed by atoms with Crippen LogP contribution in [0.1, 0.15) is 31.7 Å². The van der Waals surface area contributed by atoms with Crippen LogP contribution in [0.4, 0.5) is 0 Å². The Morgan fingerprint density at radius 2 is 1.81 bits per heavy atom. The highest BCUT2D eigenvalue weighted by molar-refractivity contribution is 5.80. The van der Waals surface area contributed by atoms with Gasteiger partial charge in [0.15, 0.2) is 0 Å². The van der Waals surface area contributed by atoms with Crippen LogP contribution in [-0.2, 0) is 4.79 Å². The van der Waals surface area contributed by atoms with E-state index in [1.165, 1.54) is 4.80 Å². The first-order chi connectivity index (χ1) is 10.1. The first-order valence-electron chi connectivity index (χ1n) is 6.80. The van der Waals surface area contributed by atoms with E-state index in [1.54, 1.807) is 19.3 Å². The molecule has 2 unspecified atom stereocenters. The Kier molecular flexibility index (Phi) is 3.43. The summed E-state index contributed by atoms with van der Waals surface area (Å²) in [4.78, 5) is 13.7. The fraction of sp³-hybridized carbons (Fsp3) is 0.267. The summed E-state index contributed by atoms with van der Waals surface area (Å²) in [5.41, 5.74) is 1.55. The highest BCUT2D eigenvalue weighted by Crippen LogP contribution is 2.15.